The third-order valence-corrected chi connectivity index (χ3v) is 4.17. The highest BCUT2D eigenvalue weighted by molar-refractivity contribution is 7.92. The number of aromatic nitrogens is 2. The molecule has 1 aromatic heterocycles. The van der Waals surface area contributed by atoms with Crippen LogP contribution in [0.2, 0.25) is 5.02 Å². The molecule has 0 radical (unpaired) electrons. The monoisotopic (exact) mass is 310 g/mol. The minimum Gasteiger partial charge on any atom is -0.332 e. The smallest absolute Gasteiger partial charge is 0.278 e. The van der Waals surface area contributed by atoms with Crippen molar-refractivity contribution in [3.05, 3.63) is 40.8 Å². The third-order valence-electron chi connectivity index (χ3n) is 2.57. The number of H-pyrrole nitrogens is 1. The number of anilines is 1. The minimum atomic E-state index is -3.75. The molecule has 0 bridgehead atoms. The number of halogens is 1. The van der Waals surface area contributed by atoms with E-state index in [4.69, 9.17) is 16.9 Å². The molecule has 2 aromatic rings. The molecule has 6 nitrogen and oxygen atoms in total. The standard InChI is InChI=1S/C12H11ClN4O2S/c1-2-11-15-7-12(16-11)20(18,19)17-9-4-3-8(6-14)10(13)5-9/h3-5,7,17H,2H2,1H3,(H,15,16). The largest absolute Gasteiger partial charge is 0.332 e. The van der Waals surface area contributed by atoms with Crippen molar-refractivity contribution in [1.29, 1.82) is 5.26 Å². The Labute approximate surface area is 121 Å². The van der Waals surface area contributed by atoms with Gasteiger partial charge in [0.15, 0.2) is 5.03 Å². The van der Waals surface area contributed by atoms with Crippen molar-refractivity contribution in [3.8, 4) is 6.07 Å². The van der Waals surface area contributed by atoms with Gasteiger partial charge in [0.05, 0.1) is 22.5 Å². The van der Waals surface area contributed by atoms with Gasteiger partial charge in [-0.3, -0.25) is 4.72 Å². The fourth-order valence-corrected chi connectivity index (χ4v) is 2.75. The second-order valence-electron chi connectivity index (χ2n) is 3.96. The first-order chi connectivity index (χ1) is 9.46. The summed E-state index contributed by atoms with van der Waals surface area (Å²) in [6.07, 6.45) is 1.87. The number of sulfonamides is 1. The summed E-state index contributed by atoms with van der Waals surface area (Å²) in [5.74, 6) is 0.586. The van der Waals surface area contributed by atoms with E-state index in [-0.39, 0.29) is 21.3 Å². The van der Waals surface area contributed by atoms with Crippen molar-refractivity contribution in [2.45, 2.75) is 18.4 Å². The number of aromatic amines is 1. The van der Waals surface area contributed by atoms with Gasteiger partial charge >= 0.3 is 0 Å². The number of nitrogens with one attached hydrogen (secondary N) is 2. The van der Waals surface area contributed by atoms with E-state index in [2.05, 4.69) is 14.7 Å². The quantitative estimate of drug-likeness (QED) is 0.905. The van der Waals surface area contributed by atoms with Crippen molar-refractivity contribution >= 4 is 27.3 Å². The number of hydrogen-bond donors (Lipinski definition) is 2. The minimum absolute atomic E-state index is 0.0187. The van der Waals surface area contributed by atoms with Gasteiger partial charge in [0.25, 0.3) is 10.0 Å². The summed E-state index contributed by atoms with van der Waals surface area (Å²) in [5, 5.41) is 8.93. The lowest BCUT2D eigenvalue weighted by Gasteiger charge is -2.06. The summed E-state index contributed by atoms with van der Waals surface area (Å²) in [6.45, 7) is 1.86. The zero-order valence-electron chi connectivity index (χ0n) is 10.5. The van der Waals surface area contributed by atoms with Crippen molar-refractivity contribution in [2.75, 3.05) is 4.72 Å². The van der Waals surface area contributed by atoms with E-state index < -0.39 is 10.0 Å². The highest BCUT2D eigenvalue weighted by Gasteiger charge is 2.17. The maximum absolute atomic E-state index is 12.1. The molecule has 0 aliphatic heterocycles. The number of imidazole rings is 1. The molecule has 1 heterocycles. The van der Waals surface area contributed by atoms with Gasteiger partial charge in [0.1, 0.15) is 11.9 Å². The molecular formula is C12H11ClN4O2S. The lowest BCUT2D eigenvalue weighted by atomic mass is 10.2. The topological polar surface area (TPSA) is 98.6 Å². The second kappa shape index (κ2) is 5.53. The number of nitriles is 1. The normalized spacial score (nSPS) is 11.1. The Bertz CT molecular complexity index is 777. The van der Waals surface area contributed by atoms with Crippen LogP contribution in [0.15, 0.2) is 29.4 Å². The fourth-order valence-electron chi connectivity index (χ4n) is 1.54. The Morgan fingerprint density at radius 3 is 2.80 bits per heavy atom. The maximum Gasteiger partial charge on any atom is 0.278 e. The number of rotatable bonds is 4. The van der Waals surface area contributed by atoms with Crippen LogP contribution in [0.25, 0.3) is 0 Å². The summed E-state index contributed by atoms with van der Waals surface area (Å²) in [5.41, 5.74) is 0.561. The Balaban J connectivity index is 2.29. The maximum atomic E-state index is 12.1. The predicted molar refractivity (Wildman–Crippen MR) is 74.9 cm³/mol. The van der Waals surface area contributed by atoms with E-state index in [0.29, 0.717) is 12.2 Å². The third kappa shape index (κ3) is 2.92. The summed E-state index contributed by atoms with van der Waals surface area (Å²) >= 11 is 5.85. The summed E-state index contributed by atoms with van der Waals surface area (Å²) < 4.78 is 26.6. The molecule has 2 N–H and O–H groups in total. The highest BCUT2D eigenvalue weighted by atomic mass is 35.5. The first-order valence-electron chi connectivity index (χ1n) is 5.72. The van der Waals surface area contributed by atoms with Gasteiger partial charge in [-0.25, -0.2) is 4.98 Å². The van der Waals surface area contributed by atoms with Crippen molar-refractivity contribution in [2.24, 2.45) is 0 Å². The average molecular weight is 311 g/mol. The molecule has 2 rings (SSSR count). The molecule has 0 aliphatic rings. The number of aryl methyl sites for hydroxylation is 1. The summed E-state index contributed by atoms with van der Waals surface area (Å²) in [4.78, 5) is 6.66. The first-order valence-corrected chi connectivity index (χ1v) is 7.58. The van der Waals surface area contributed by atoms with Crippen LogP contribution in [0.1, 0.15) is 18.3 Å². The Hall–Kier alpha value is -2.04. The van der Waals surface area contributed by atoms with Crippen LogP contribution in [0.5, 0.6) is 0 Å². The molecule has 0 saturated heterocycles. The molecule has 20 heavy (non-hydrogen) atoms. The highest BCUT2D eigenvalue weighted by Crippen LogP contribution is 2.22. The molecule has 1 aromatic carbocycles. The molecule has 0 spiro atoms. The van der Waals surface area contributed by atoms with Crippen molar-refractivity contribution in [1.82, 2.24) is 9.97 Å². The molecule has 0 amide bonds. The molecule has 8 heteroatoms. The summed E-state index contributed by atoms with van der Waals surface area (Å²) in [7, 11) is -3.75. The van der Waals surface area contributed by atoms with E-state index in [1.54, 1.807) is 0 Å². The van der Waals surface area contributed by atoms with Crippen LogP contribution < -0.4 is 4.72 Å². The average Bonchev–Trinajstić information content (AvgIpc) is 2.88. The van der Waals surface area contributed by atoms with Crippen LogP contribution in [-0.2, 0) is 16.4 Å². The van der Waals surface area contributed by atoms with Gasteiger partial charge in [-0.1, -0.05) is 18.5 Å². The Kier molecular flexibility index (Phi) is 3.97. The van der Waals surface area contributed by atoms with Crippen LogP contribution in [0, 0.1) is 11.3 Å². The zero-order chi connectivity index (χ0) is 14.8. The van der Waals surface area contributed by atoms with Gasteiger partial charge in [-0.05, 0) is 18.2 Å². The lowest BCUT2D eigenvalue weighted by molar-refractivity contribution is 0.598. The molecule has 0 aliphatic carbocycles. The van der Waals surface area contributed by atoms with Crippen LogP contribution in [-0.4, -0.2) is 18.4 Å². The van der Waals surface area contributed by atoms with Crippen LogP contribution in [0.3, 0.4) is 0 Å². The van der Waals surface area contributed by atoms with Crippen molar-refractivity contribution < 1.29 is 8.42 Å². The van der Waals surface area contributed by atoms with Crippen molar-refractivity contribution in [3.63, 3.8) is 0 Å². The van der Waals surface area contributed by atoms with E-state index in [0.717, 1.165) is 0 Å². The van der Waals surface area contributed by atoms with Crippen LogP contribution in [0.4, 0.5) is 5.69 Å². The van der Waals surface area contributed by atoms with Gasteiger partial charge in [-0.2, -0.15) is 13.7 Å². The molecular weight excluding hydrogens is 300 g/mol. The fraction of sp³-hybridized carbons (Fsp3) is 0.167. The van der Waals surface area contributed by atoms with Gasteiger partial charge in [0, 0.05) is 6.42 Å². The zero-order valence-corrected chi connectivity index (χ0v) is 12.1. The Morgan fingerprint density at radius 2 is 2.25 bits per heavy atom. The number of benzene rings is 1. The van der Waals surface area contributed by atoms with Gasteiger partial charge < -0.3 is 4.98 Å². The molecule has 0 atom stereocenters. The summed E-state index contributed by atoms with van der Waals surface area (Å²) in [6, 6.07) is 6.21. The predicted octanol–water partition coefficient (Wildman–Crippen LogP) is 2.30. The van der Waals surface area contributed by atoms with E-state index in [1.807, 2.05) is 13.0 Å². The Morgan fingerprint density at radius 1 is 1.50 bits per heavy atom. The lowest BCUT2D eigenvalue weighted by Crippen LogP contribution is -2.13. The van der Waals surface area contributed by atoms with E-state index in [9.17, 15) is 8.42 Å². The van der Waals surface area contributed by atoms with Gasteiger partial charge in [-0.15, -0.1) is 0 Å². The molecule has 0 saturated carbocycles. The molecule has 0 fully saturated rings. The first kappa shape index (κ1) is 14.4. The van der Waals surface area contributed by atoms with Crippen LogP contribution >= 0.6 is 11.6 Å². The number of nitrogens with zero attached hydrogens (tertiary/aromatic N) is 2. The van der Waals surface area contributed by atoms with E-state index >= 15 is 0 Å². The van der Waals surface area contributed by atoms with E-state index in [1.165, 1.54) is 24.4 Å². The SMILES string of the molecule is CCc1ncc(S(=O)(=O)Nc2ccc(C#N)c(Cl)c2)[nH]1. The second-order valence-corrected chi connectivity index (χ2v) is 6.02. The molecule has 104 valence electrons. The number of hydrogen-bond acceptors (Lipinski definition) is 4. The molecule has 0 unspecified atom stereocenters. The van der Waals surface area contributed by atoms with Gasteiger partial charge in [0.2, 0.25) is 0 Å².